The number of hydrogen-bond donors (Lipinski definition) is 2. The average molecular weight is 273 g/mol. The van der Waals surface area contributed by atoms with Gasteiger partial charge in [-0.05, 0) is 26.6 Å². The van der Waals surface area contributed by atoms with Gasteiger partial charge in [0.1, 0.15) is 0 Å². The van der Waals surface area contributed by atoms with Crippen LogP contribution in [0.1, 0.15) is 12.5 Å². The van der Waals surface area contributed by atoms with Gasteiger partial charge in [-0.2, -0.15) is 0 Å². The van der Waals surface area contributed by atoms with Crippen molar-refractivity contribution in [1.29, 1.82) is 0 Å². The molecule has 6 nitrogen and oxygen atoms in total. The Morgan fingerprint density at radius 1 is 1.61 bits per heavy atom. The van der Waals surface area contributed by atoms with E-state index >= 15 is 0 Å². The number of thiophene rings is 1. The summed E-state index contributed by atoms with van der Waals surface area (Å²) in [7, 11) is 3.80. The summed E-state index contributed by atoms with van der Waals surface area (Å²) in [5, 5.41) is 25.6. The van der Waals surface area contributed by atoms with Gasteiger partial charge in [-0.1, -0.05) is 11.3 Å². The molecule has 1 atom stereocenters. The number of nitrogens with one attached hydrogen (secondary N) is 1. The van der Waals surface area contributed by atoms with Crippen molar-refractivity contribution >= 4 is 16.3 Å². The molecule has 0 spiro atoms. The lowest BCUT2D eigenvalue weighted by atomic mass is 10.1. The second-order valence-electron chi connectivity index (χ2n) is 4.89. The number of nitro groups is 1. The van der Waals surface area contributed by atoms with Crippen LogP contribution >= 0.6 is 11.3 Å². The quantitative estimate of drug-likeness (QED) is 0.573. The Hall–Kier alpha value is -1.02. The Balaban J connectivity index is 2.39. The Labute approximate surface area is 110 Å². The first kappa shape index (κ1) is 15.0. The van der Waals surface area contributed by atoms with Crippen LogP contribution in [0.25, 0.3) is 0 Å². The fourth-order valence-corrected chi connectivity index (χ4v) is 2.49. The van der Waals surface area contributed by atoms with E-state index in [-0.39, 0.29) is 5.00 Å². The number of rotatable bonds is 7. The van der Waals surface area contributed by atoms with Crippen molar-refractivity contribution in [2.75, 3.05) is 27.2 Å². The molecule has 0 aromatic carbocycles. The molecule has 0 fully saturated rings. The largest absolute Gasteiger partial charge is 0.388 e. The first-order valence-corrected chi connectivity index (χ1v) is 6.48. The van der Waals surface area contributed by atoms with Crippen LogP contribution in [0.4, 0.5) is 5.00 Å². The van der Waals surface area contributed by atoms with Crippen LogP contribution in [0, 0.1) is 10.1 Å². The summed E-state index contributed by atoms with van der Waals surface area (Å²) in [6, 6.07) is 1.55. The molecule has 0 saturated carbocycles. The predicted octanol–water partition coefficient (Wildman–Crippen LogP) is 1.06. The van der Waals surface area contributed by atoms with E-state index in [4.69, 9.17) is 0 Å². The second kappa shape index (κ2) is 6.24. The fraction of sp³-hybridized carbons (Fsp3) is 0.636. The highest BCUT2D eigenvalue weighted by Gasteiger charge is 2.20. The maximum Gasteiger partial charge on any atom is 0.324 e. The van der Waals surface area contributed by atoms with E-state index in [1.807, 2.05) is 19.0 Å². The van der Waals surface area contributed by atoms with Crippen LogP contribution in [-0.4, -0.2) is 47.7 Å². The van der Waals surface area contributed by atoms with Crippen molar-refractivity contribution in [3.63, 3.8) is 0 Å². The van der Waals surface area contributed by atoms with E-state index < -0.39 is 10.5 Å². The summed E-state index contributed by atoms with van der Waals surface area (Å²) in [4.78, 5) is 12.0. The van der Waals surface area contributed by atoms with E-state index in [1.54, 1.807) is 18.4 Å². The molecule has 0 saturated heterocycles. The standard InChI is InChI=1S/C11H19N3O3S/c1-11(15,8-13(2)3)7-12-5-9-4-10(14(16)17)18-6-9/h4,6,12,15H,5,7-8H2,1-3H3. The molecule has 102 valence electrons. The normalized spacial score (nSPS) is 14.7. The summed E-state index contributed by atoms with van der Waals surface area (Å²) < 4.78 is 0. The van der Waals surface area contributed by atoms with Gasteiger partial charge >= 0.3 is 5.00 Å². The number of nitrogens with zero attached hydrogens (tertiary/aromatic N) is 2. The van der Waals surface area contributed by atoms with Gasteiger partial charge in [0.15, 0.2) is 0 Å². The van der Waals surface area contributed by atoms with Gasteiger partial charge < -0.3 is 15.3 Å². The number of aliphatic hydroxyl groups is 1. The number of likely N-dealkylation sites (N-methyl/N-ethyl adjacent to an activating group) is 1. The molecular formula is C11H19N3O3S. The van der Waals surface area contributed by atoms with Crippen LogP contribution < -0.4 is 5.32 Å². The van der Waals surface area contributed by atoms with E-state index in [1.165, 1.54) is 0 Å². The maximum absolute atomic E-state index is 10.5. The Bertz CT molecular complexity index is 404. The third kappa shape index (κ3) is 5.09. The highest BCUT2D eigenvalue weighted by Crippen LogP contribution is 2.22. The van der Waals surface area contributed by atoms with Crippen LogP contribution in [0.15, 0.2) is 11.4 Å². The molecule has 1 heterocycles. The molecule has 2 N–H and O–H groups in total. The smallest absolute Gasteiger partial charge is 0.324 e. The third-order valence-corrected chi connectivity index (χ3v) is 3.24. The molecule has 7 heteroatoms. The van der Waals surface area contributed by atoms with Gasteiger partial charge in [0.25, 0.3) is 0 Å². The maximum atomic E-state index is 10.5. The number of hydrogen-bond acceptors (Lipinski definition) is 6. The van der Waals surface area contributed by atoms with E-state index in [0.29, 0.717) is 19.6 Å². The molecule has 1 rings (SSSR count). The second-order valence-corrected chi connectivity index (χ2v) is 5.78. The molecular weight excluding hydrogens is 254 g/mol. The molecule has 1 unspecified atom stereocenters. The van der Waals surface area contributed by atoms with E-state index in [2.05, 4.69) is 5.32 Å². The molecule has 0 aliphatic carbocycles. The van der Waals surface area contributed by atoms with Crippen molar-refractivity contribution in [2.45, 2.75) is 19.1 Å². The molecule has 0 aliphatic rings. The van der Waals surface area contributed by atoms with Crippen LogP contribution in [-0.2, 0) is 6.54 Å². The van der Waals surface area contributed by atoms with Gasteiger partial charge in [0.2, 0.25) is 0 Å². The zero-order chi connectivity index (χ0) is 13.8. The van der Waals surface area contributed by atoms with Gasteiger partial charge in [0, 0.05) is 31.1 Å². The molecule has 0 amide bonds. The Morgan fingerprint density at radius 3 is 2.78 bits per heavy atom. The third-order valence-electron chi connectivity index (χ3n) is 2.31. The van der Waals surface area contributed by atoms with Crippen molar-refractivity contribution in [1.82, 2.24) is 10.2 Å². The van der Waals surface area contributed by atoms with Gasteiger partial charge in [-0.3, -0.25) is 10.1 Å². The van der Waals surface area contributed by atoms with Crippen LogP contribution in [0.2, 0.25) is 0 Å². The average Bonchev–Trinajstić information content (AvgIpc) is 2.63. The van der Waals surface area contributed by atoms with Crippen molar-refractivity contribution < 1.29 is 10.0 Å². The molecule has 0 bridgehead atoms. The predicted molar refractivity (Wildman–Crippen MR) is 71.9 cm³/mol. The zero-order valence-corrected chi connectivity index (χ0v) is 11.7. The fourth-order valence-electron chi connectivity index (χ4n) is 1.76. The first-order valence-electron chi connectivity index (χ1n) is 5.60. The van der Waals surface area contributed by atoms with Crippen molar-refractivity contribution in [3.8, 4) is 0 Å². The summed E-state index contributed by atoms with van der Waals surface area (Å²) in [5.41, 5.74) is 0.0539. The minimum absolute atomic E-state index is 0.145. The highest BCUT2D eigenvalue weighted by molar-refractivity contribution is 7.13. The van der Waals surface area contributed by atoms with Gasteiger partial charge in [-0.15, -0.1) is 0 Å². The SMILES string of the molecule is CN(C)CC(C)(O)CNCc1csc([N+](=O)[O-])c1. The van der Waals surface area contributed by atoms with Crippen molar-refractivity contribution in [3.05, 3.63) is 27.1 Å². The summed E-state index contributed by atoms with van der Waals surface area (Å²) in [6.45, 7) is 3.28. The highest BCUT2D eigenvalue weighted by atomic mass is 32.1. The Kier molecular flexibility index (Phi) is 5.21. The lowest BCUT2D eigenvalue weighted by molar-refractivity contribution is -0.380. The Morgan fingerprint density at radius 2 is 2.28 bits per heavy atom. The van der Waals surface area contributed by atoms with Gasteiger partial charge in [-0.25, -0.2) is 0 Å². The zero-order valence-electron chi connectivity index (χ0n) is 10.8. The van der Waals surface area contributed by atoms with Crippen LogP contribution in [0.3, 0.4) is 0 Å². The van der Waals surface area contributed by atoms with E-state index in [0.717, 1.165) is 16.9 Å². The first-order chi connectivity index (χ1) is 8.30. The lowest BCUT2D eigenvalue weighted by Gasteiger charge is -2.27. The topological polar surface area (TPSA) is 78.6 Å². The summed E-state index contributed by atoms with van der Waals surface area (Å²) in [6.07, 6.45) is 0. The minimum Gasteiger partial charge on any atom is -0.388 e. The summed E-state index contributed by atoms with van der Waals surface area (Å²) >= 11 is 1.12. The van der Waals surface area contributed by atoms with Crippen molar-refractivity contribution in [2.24, 2.45) is 0 Å². The molecule has 1 aromatic rings. The van der Waals surface area contributed by atoms with Gasteiger partial charge in [0.05, 0.1) is 10.5 Å². The monoisotopic (exact) mass is 273 g/mol. The molecule has 18 heavy (non-hydrogen) atoms. The summed E-state index contributed by atoms with van der Waals surface area (Å²) in [5.74, 6) is 0. The lowest BCUT2D eigenvalue weighted by Crippen LogP contribution is -2.45. The van der Waals surface area contributed by atoms with E-state index in [9.17, 15) is 15.2 Å². The minimum atomic E-state index is -0.814. The molecule has 0 radical (unpaired) electrons. The molecule has 0 aliphatic heterocycles. The van der Waals surface area contributed by atoms with Crippen LogP contribution in [0.5, 0.6) is 0 Å². The molecule has 1 aromatic heterocycles.